The number of nitrogens with one attached hydrogen (secondary N) is 1. The van der Waals surface area contributed by atoms with Gasteiger partial charge in [0.15, 0.2) is 26.9 Å². The summed E-state index contributed by atoms with van der Waals surface area (Å²) in [4.78, 5) is 12.5. The molecule has 0 atom stereocenters. The molecule has 2 aromatic carbocycles. The number of amides is 1. The molecule has 0 radical (unpaired) electrons. The fraction of sp³-hybridized carbons (Fsp3) is 0.150. The summed E-state index contributed by atoms with van der Waals surface area (Å²) < 4.78 is 40.2. The number of rotatable bonds is 6. The van der Waals surface area contributed by atoms with Crippen molar-refractivity contribution in [2.24, 2.45) is 0 Å². The van der Waals surface area contributed by atoms with Crippen molar-refractivity contribution in [3.8, 4) is 17.4 Å². The maximum Gasteiger partial charge on any atom is 0.322 e. The monoisotopic (exact) mass is 427 g/mol. The minimum atomic E-state index is -3.34. The standard InChI is InChI=1S/C20H17N3O6S/c1-3-30(25,26)14-9-7-12(8-10-14)18(24)21-20-23-22-19(29-20)16-11-13-5-4-6-15(27-2)17(13)28-16/h4-11H,3H2,1-2H3,(H,21,23,24). The zero-order chi connectivity index (χ0) is 21.3. The van der Waals surface area contributed by atoms with E-state index in [1.54, 1.807) is 26.2 Å². The number of carbonyl (C=O) groups excluding carboxylic acids is 1. The number of benzene rings is 2. The Morgan fingerprint density at radius 1 is 1.10 bits per heavy atom. The molecule has 0 bridgehead atoms. The number of sulfone groups is 1. The molecular formula is C20H17N3O6S. The molecule has 4 aromatic rings. The predicted octanol–water partition coefficient (Wildman–Crippen LogP) is 3.54. The maximum atomic E-state index is 12.4. The SMILES string of the molecule is CCS(=O)(=O)c1ccc(C(=O)Nc2nnc(-c3cc4cccc(OC)c4o3)o2)cc1. The molecule has 2 aromatic heterocycles. The number of aromatic nitrogens is 2. The van der Waals surface area contributed by atoms with Crippen LogP contribution in [-0.4, -0.2) is 37.4 Å². The van der Waals surface area contributed by atoms with Crippen molar-refractivity contribution in [1.82, 2.24) is 10.2 Å². The number of para-hydroxylation sites is 1. The van der Waals surface area contributed by atoms with Gasteiger partial charge in [-0.05, 0) is 36.4 Å². The van der Waals surface area contributed by atoms with Crippen LogP contribution in [0.15, 0.2) is 62.3 Å². The summed E-state index contributed by atoms with van der Waals surface area (Å²) in [6, 6.07) is 12.7. The van der Waals surface area contributed by atoms with Crippen LogP contribution in [0.5, 0.6) is 5.75 Å². The van der Waals surface area contributed by atoms with E-state index in [1.165, 1.54) is 24.3 Å². The average molecular weight is 427 g/mol. The van der Waals surface area contributed by atoms with E-state index in [9.17, 15) is 13.2 Å². The van der Waals surface area contributed by atoms with E-state index in [4.69, 9.17) is 13.6 Å². The van der Waals surface area contributed by atoms with Gasteiger partial charge in [0.25, 0.3) is 11.8 Å². The molecule has 1 N–H and O–H groups in total. The van der Waals surface area contributed by atoms with E-state index < -0.39 is 15.7 Å². The molecular weight excluding hydrogens is 410 g/mol. The molecule has 0 aliphatic heterocycles. The Morgan fingerprint density at radius 2 is 1.87 bits per heavy atom. The minimum absolute atomic E-state index is 0.0169. The Hall–Kier alpha value is -3.66. The number of methoxy groups -OCH3 is 1. The van der Waals surface area contributed by atoms with Crippen LogP contribution in [0.1, 0.15) is 17.3 Å². The zero-order valence-electron chi connectivity index (χ0n) is 16.1. The Morgan fingerprint density at radius 3 is 2.57 bits per heavy atom. The van der Waals surface area contributed by atoms with Crippen molar-refractivity contribution >= 4 is 32.7 Å². The Labute approximate surface area is 171 Å². The number of ether oxygens (including phenoxy) is 1. The number of hydrogen-bond acceptors (Lipinski definition) is 8. The molecule has 0 spiro atoms. The predicted molar refractivity (Wildman–Crippen MR) is 108 cm³/mol. The third kappa shape index (κ3) is 3.64. The Kier molecular flexibility index (Phi) is 5.00. The number of fused-ring (bicyclic) bond motifs is 1. The smallest absolute Gasteiger partial charge is 0.322 e. The summed E-state index contributed by atoms with van der Waals surface area (Å²) in [6.45, 7) is 1.56. The molecule has 0 fully saturated rings. The van der Waals surface area contributed by atoms with Crippen molar-refractivity contribution in [2.75, 3.05) is 18.2 Å². The van der Waals surface area contributed by atoms with Gasteiger partial charge in [-0.15, -0.1) is 5.10 Å². The van der Waals surface area contributed by atoms with E-state index in [1.807, 2.05) is 12.1 Å². The highest BCUT2D eigenvalue weighted by Gasteiger charge is 2.18. The molecule has 4 rings (SSSR count). The van der Waals surface area contributed by atoms with Gasteiger partial charge in [-0.25, -0.2) is 8.42 Å². The van der Waals surface area contributed by atoms with Crippen molar-refractivity contribution in [2.45, 2.75) is 11.8 Å². The average Bonchev–Trinajstić information content (AvgIpc) is 3.40. The van der Waals surface area contributed by atoms with E-state index in [-0.39, 0.29) is 28.1 Å². The van der Waals surface area contributed by atoms with Crippen LogP contribution < -0.4 is 10.1 Å². The van der Waals surface area contributed by atoms with Crippen molar-refractivity contribution in [1.29, 1.82) is 0 Å². The molecule has 0 saturated heterocycles. The summed E-state index contributed by atoms with van der Waals surface area (Å²) in [6.07, 6.45) is 0. The lowest BCUT2D eigenvalue weighted by molar-refractivity contribution is 0.102. The molecule has 0 aliphatic carbocycles. The molecule has 2 heterocycles. The molecule has 9 nitrogen and oxygen atoms in total. The van der Waals surface area contributed by atoms with Crippen LogP contribution in [0, 0.1) is 0 Å². The van der Waals surface area contributed by atoms with E-state index >= 15 is 0 Å². The molecule has 10 heteroatoms. The first kappa shape index (κ1) is 19.6. The maximum absolute atomic E-state index is 12.4. The van der Waals surface area contributed by atoms with Crippen LogP contribution in [0.2, 0.25) is 0 Å². The second kappa shape index (κ2) is 7.64. The Balaban J connectivity index is 1.53. The fourth-order valence-corrected chi connectivity index (χ4v) is 3.71. The van der Waals surface area contributed by atoms with Gasteiger partial charge in [-0.2, -0.15) is 0 Å². The van der Waals surface area contributed by atoms with Crippen molar-refractivity contribution in [3.63, 3.8) is 0 Å². The second-order valence-electron chi connectivity index (χ2n) is 6.28. The number of carbonyl (C=O) groups is 1. The molecule has 154 valence electrons. The summed E-state index contributed by atoms with van der Waals surface area (Å²) in [5, 5.41) is 11.0. The molecule has 1 amide bonds. The third-order valence-electron chi connectivity index (χ3n) is 4.44. The molecule has 0 unspecified atom stereocenters. The van der Waals surface area contributed by atoms with Gasteiger partial charge in [-0.3, -0.25) is 10.1 Å². The summed E-state index contributed by atoms with van der Waals surface area (Å²) in [5.41, 5.74) is 0.791. The number of nitrogens with zero attached hydrogens (tertiary/aromatic N) is 2. The highest BCUT2D eigenvalue weighted by molar-refractivity contribution is 7.91. The van der Waals surface area contributed by atoms with E-state index in [0.29, 0.717) is 17.1 Å². The molecule has 0 saturated carbocycles. The topological polar surface area (TPSA) is 125 Å². The van der Waals surface area contributed by atoms with Crippen molar-refractivity contribution in [3.05, 3.63) is 54.1 Å². The summed E-state index contributed by atoms with van der Waals surface area (Å²) >= 11 is 0. The van der Waals surface area contributed by atoms with Crippen LogP contribution in [0.4, 0.5) is 6.01 Å². The van der Waals surface area contributed by atoms with Crippen molar-refractivity contribution < 1.29 is 26.8 Å². The van der Waals surface area contributed by atoms with Gasteiger partial charge in [0, 0.05) is 10.9 Å². The van der Waals surface area contributed by atoms with Crippen LogP contribution in [0.3, 0.4) is 0 Å². The number of hydrogen-bond donors (Lipinski definition) is 1. The lowest BCUT2D eigenvalue weighted by Gasteiger charge is -2.03. The van der Waals surface area contributed by atoms with E-state index in [2.05, 4.69) is 15.5 Å². The molecule has 30 heavy (non-hydrogen) atoms. The van der Waals surface area contributed by atoms with Crippen LogP contribution >= 0.6 is 0 Å². The lowest BCUT2D eigenvalue weighted by atomic mass is 10.2. The Bertz CT molecular complexity index is 1320. The number of furan rings is 1. The second-order valence-corrected chi connectivity index (χ2v) is 8.56. The van der Waals surface area contributed by atoms with E-state index in [0.717, 1.165) is 5.39 Å². The van der Waals surface area contributed by atoms with Gasteiger partial charge in [-0.1, -0.05) is 24.2 Å². The first-order valence-corrected chi connectivity index (χ1v) is 10.6. The normalized spacial score (nSPS) is 11.5. The van der Waals surface area contributed by atoms with Gasteiger partial charge in [0.05, 0.1) is 17.8 Å². The first-order valence-electron chi connectivity index (χ1n) is 8.96. The minimum Gasteiger partial charge on any atom is -0.493 e. The van der Waals surface area contributed by atoms with Gasteiger partial charge >= 0.3 is 6.01 Å². The van der Waals surface area contributed by atoms with Crippen LogP contribution in [-0.2, 0) is 9.84 Å². The summed E-state index contributed by atoms with van der Waals surface area (Å²) in [5.74, 6) is 0.457. The third-order valence-corrected chi connectivity index (χ3v) is 6.19. The molecule has 0 aliphatic rings. The van der Waals surface area contributed by atoms with Crippen LogP contribution in [0.25, 0.3) is 22.6 Å². The number of anilines is 1. The highest BCUT2D eigenvalue weighted by Crippen LogP contribution is 2.33. The largest absolute Gasteiger partial charge is 0.493 e. The highest BCUT2D eigenvalue weighted by atomic mass is 32.2. The van der Waals surface area contributed by atoms with Gasteiger partial charge in [0.2, 0.25) is 0 Å². The fourth-order valence-electron chi connectivity index (χ4n) is 2.83. The lowest BCUT2D eigenvalue weighted by Crippen LogP contribution is -2.12. The first-order chi connectivity index (χ1) is 14.4. The van der Waals surface area contributed by atoms with Gasteiger partial charge < -0.3 is 13.6 Å². The quantitative estimate of drug-likeness (QED) is 0.495. The summed E-state index contributed by atoms with van der Waals surface area (Å²) in [7, 11) is -1.79. The zero-order valence-corrected chi connectivity index (χ0v) is 16.9. The van der Waals surface area contributed by atoms with Gasteiger partial charge in [0.1, 0.15) is 0 Å².